The molecule has 0 radical (unpaired) electrons. The Morgan fingerprint density at radius 1 is 0.727 bits per heavy atom. The number of carboxylic acid groups (broad SMARTS) is 3. The van der Waals surface area contributed by atoms with Gasteiger partial charge in [0.15, 0.2) is 0 Å². The molecule has 16 nitrogen and oxygen atoms in total. The zero-order valence-corrected chi connectivity index (χ0v) is 24.5. The molecule has 4 atom stereocenters. The number of urea groups is 1. The summed E-state index contributed by atoms with van der Waals surface area (Å²) >= 11 is 0. The highest BCUT2D eigenvalue weighted by Gasteiger charge is 2.49. The fourth-order valence-electron chi connectivity index (χ4n) is 4.82. The summed E-state index contributed by atoms with van der Waals surface area (Å²) in [5, 5.41) is 36.3. The second kappa shape index (κ2) is 20.0. The maximum absolute atomic E-state index is 12.0. The molecule has 0 spiro atoms. The number of carbonyl (C=O) groups excluding carboxylic acids is 3. The van der Waals surface area contributed by atoms with Crippen molar-refractivity contribution >= 4 is 35.9 Å². The average Bonchev–Trinajstić information content (AvgIpc) is 3.61. The van der Waals surface area contributed by atoms with Gasteiger partial charge in [0.05, 0.1) is 33.0 Å². The maximum Gasteiger partial charge on any atom is 0.407 e. The molecule has 0 aromatic heterocycles. The van der Waals surface area contributed by atoms with Crippen LogP contribution in [-0.4, -0.2) is 109 Å². The Balaban J connectivity index is 1.45. The fraction of sp³-hybridized carbons (Fsp3) is 0.714. The van der Waals surface area contributed by atoms with Gasteiger partial charge in [-0.25, -0.2) is 19.2 Å². The average molecular weight is 627 g/mol. The van der Waals surface area contributed by atoms with E-state index in [4.69, 9.17) is 24.4 Å². The van der Waals surface area contributed by atoms with Gasteiger partial charge in [0.25, 0.3) is 0 Å². The Hall–Kier alpha value is -4.10. The maximum atomic E-state index is 12.0. The van der Waals surface area contributed by atoms with Crippen LogP contribution in [0.15, 0.2) is 0 Å². The van der Waals surface area contributed by atoms with E-state index >= 15 is 0 Å². The SMILES string of the molecule is O=C(O)CCC(NC(=O)NC(CCC(=O)NCCOCCOCCNC(=O)OCC1[C@H]2CCC#CCC[C@H]12)C(=O)O)C(=O)O. The third-order valence-corrected chi connectivity index (χ3v) is 7.22. The van der Waals surface area contributed by atoms with Crippen molar-refractivity contribution in [1.82, 2.24) is 21.3 Å². The minimum absolute atomic E-state index is 0.150. The summed E-state index contributed by atoms with van der Waals surface area (Å²) in [6.07, 6.45) is 2.09. The molecule has 2 rings (SSSR count). The van der Waals surface area contributed by atoms with Gasteiger partial charge in [-0.2, -0.15) is 0 Å². The minimum atomic E-state index is -1.53. The molecular weight excluding hydrogens is 584 g/mol. The quantitative estimate of drug-likeness (QED) is 0.0666. The smallest absolute Gasteiger partial charge is 0.407 e. The van der Waals surface area contributed by atoms with E-state index < -0.39 is 60.9 Å². The highest BCUT2D eigenvalue weighted by atomic mass is 16.6. The number of hydrogen-bond acceptors (Lipinski definition) is 9. The Bertz CT molecular complexity index is 1040. The summed E-state index contributed by atoms with van der Waals surface area (Å²) in [4.78, 5) is 69.1. The molecular formula is C28H42N4O12. The van der Waals surface area contributed by atoms with Crippen LogP contribution in [-0.2, 0) is 33.4 Å². The molecule has 2 unspecified atom stereocenters. The van der Waals surface area contributed by atoms with Gasteiger partial charge >= 0.3 is 30.0 Å². The number of rotatable bonds is 21. The lowest BCUT2D eigenvalue weighted by Gasteiger charge is -2.18. The van der Waals surface area contributed by atoms with Crippen LogP contribution in [0.25, 0.3) is 0 Å². The fourth-order valence-corrected chi connectivity index (χ4v) is 4.82. The Kier molecular flexibility index (Phi) is 16.4. The van der Waals surface area contributed by atoms with Gasteiger partial charge in [0, 0.05) is 38.8 Å². The number of alkyl carbamates (subject to hydrolysis) is 1. The van der Waals surface area contributed by atoms with Crippen molar-refractivity contribution in [3.05, 3.63) is 0 Å². The summed E-state index contributed by atoms with van der Waals surface area (Å²) in [7, 11) is 0. The summed E-state index contributed by atoms with van der Waals surface area (Å²) in [6.45, 7) is 1.83. The molecule has 2 aliphatic carbocycles. The third kappa shape index (κ3) is 14.9. The van der Waals surface area contributed by atoms with Gasteiger partial charge in [-0.15, -0.1) is 11.8 Å². The van der Waals surface area contributed by atoms with Crippen LogP contribution in [0.4, 0.5) is 9.59 Å². The molecule has 16 heteroatoms. The first-order chi connectivity index (χ1) is 21.1. The van der Waals surface area contributed by atoms with Gasteiger partial charge in [-0.05, 0) is 43.4 Å². The predicted molar refractivity (Wildman–Crippen MR) is 151 cm³/mol. The number of ether oxygens (including phenoxy) is 3. The number of nitrogens with one attached hydrogen (secondary N) is 4. The van der Waals surface area contributed by atoms with E-state index in [0.717, 1.165) is 25.7 Å². The molecule has 0 saturated heterocycles. The Morgan fingerprint density at radius 2 is 1.25 bits per heavy atom. The van der Waals surface area contributed by atoms with Gasteiger partial charge in [0.2, 0.25) is 5.91 Å². The van der Waals surface area contributed by atoms with E-state index in [-0.39, 0.29) is 45.8 Å². The van der Waals surface area contributed by atoms with Crippen LogP contribution >= 0.6 is 0 Å². The van der Waals surface area contributed by atoms with Crippen LogP contribution < -0.4 is 21.3 Å². The number of carboxylic acids is 3. The number of amides is 4. The summed E-state index contributed by atoms with van der Waals surface area (Å²) < 4.78 is 16.1. The second-order valence-corrected chi connectivity index (χ2v) is 10.4. The van der Waals surface area contributed by atoms with Crippen LogP contribution in [0, 0.1) is 29.6 Å². The first-order valence-electron chi connectivity index (χ1n) is 14.6. The molecule has 0 aromatic rings. The normalized spacial score (nSPS) is 19.7. The lowest BCUT2D eigenvalue weighted by Crippen LogP contribution is -2.51. The topological polar surface area (TPSA) is 239 Å². The molecule has 0 bridgehead atoms. The number of fused-ring (bicyclic) bond motifs is 1. The number of carbonyl (C=O) groups is 6. The van der Waals surface area contributed by atoms with E-state index in [0.29, 0.717) is 30.9 Å². The summed E-state index contributed by atoms with van der Waals surface area (Å²) in [5.41, 5.74) is 0. The molecule has 1 saturated carbocycles. The van der Waals surface area contributed by atoms with Crippen LogP contribution in [0.5, 0.6) is 0 Å². The molecule has 4 amide bonds. The minimum Gasteiger partial charge on any atom is -0.481 e. The largest absolute Gasteiger partial charge is 0.481 e. The second-order valence-electron chi connectivity index (χ2n) is 10.4. The number of aliphatic carboxylic acids is 3. The Labute approximate surface area is 254 Å². The molecule has 0 aromatic carbocycles. The van der Waals surface area contributed by atoms with E-state index in [1.54, 1.807) is 0 Å². The molecule has 44 heavy (non-hydrogen) atoms. The van der Waals surface area contributed by atoms with E-state index in [9.17, 15) is 33.9 Å². The lowest BCUT2D eigenvalue weighted by atomic mass is 10.1. The van der Waals surface area contributed by atoms with Crippen molar-refractivity contribution in [3.8, 4) is 11.8 Å². The van der Waals surface area contributed by atoms with E-state index in [1.165, 1.54) is 0 Å². The predicted octanol–water partition coefficient (Wildman–Crippen LogP) is 0.152. The zero-order valence-electron chi connectivity index (χ0n) is 24.5. The summed E-state index contributed by atoms with van der Waals surface area (Å²) in [5.74, 6) is 3.33. The molecule has 2 aliphatic rings. The van der Waals surface area contributed by atoms with Crippen LogP contribution in [0.2, 0.25) is 0 Å². The van der Waals surface area contributed by atoms with E-state index in [1.807, 2.05) is 5.32 Å². The van der Waals surface area contributed by atoms with Crippen molar-refractivity contribution in [2.75, 3.05) is 46.1 Å². The standard InChI is InChI=1S/C28H42N4O12/c33-23(9-7-21(25(36)37)31-27(40)32-22(26(38)39)8-10-24(34)35)29-11-13-42-15-16-43-14-12-30-28(41)44-17-20-18-5-3-1-2-4-6-19(18)20/h18-22H,3-17H2,(H,29,33)(H,30,41)(H,34,35)(H,36,37)(H,38,39)(H2,31,32,40)/t18-,19-,21?,22?/m0/s1. The van der Waals surface area contributed by atoms with Crippen molar-refractivity contribution in [2.24, 2.45) is 17.8 Å². The monoisotopic (exact) mass is 626 g/mol. The summed E-state index contributed by atoms with van der Waals surface area (Å²) in [6, 6.07) is -4.12. The van der Waals surface area contributed by atoms with E-state index in [2.05, 4.69) is 27.8 Å². The first kappa shape index (κ1) is 36.1. The van der Waals surface area contributed by atoms with Crippen molar-refractivity contribution < 1.29 is 58.3 Å². The van der Waals surface area contributed by atoms with Gasteiger partial charge in [-0.1, -0.05) is 0 Å². The lowest BCUT2D eigenvalue weighted by molar-refractivity contribution is -0.141. The van der Waals surface area contributed by atoms with Crippen molar-refractivity contribution in [1.29, 1.82) is 0 Å². The van der Waals surface area contributed by atoms with Gasteiger partial charge in [0.1, 0.15) is 12.1 Å². The van der Waals surface area contributed by atoms with Gasteiger partial charge < -0.3 is 50.8 Å². The zero-order chi connectivity index (χ0) is 32.3. The molecule has 246 valence electrons. The molecule has 7 N–H and O–H groups in total. The van der Waals surface area contributed by atoms with Crippen molar-refractivity contribution in [2.45, 2.75) is 63.5 Å². The molecule has 0 heterocycles. The van der Waals surface area contributed by atoms with Gasteiger partial charge in [-0.3, -0.25) is 9.59 Å². The number of hydrogen-bond donors (Lipinski definition) is 7. The van der Waals surface area contributed by atoms with Crippen LogP contribution in [0.1, 0.15) is 51.4 Å². The highest BCUT2D eigenvalue weighted by Crippen LogP contribution is 2.52. The highest BCUT2D eigenvalue weighted by molar-refractivity contribution is 5.86. The Morgan fingerprint density at radius 3 is 1.77 bits per heavy atom. The molecule has 1 fully saturated rings. The van der Waals surface area contributed by atoms with Crippen LogP contribution in [0.3, 0.4) is 0 Å². The first-order valence-corrected chi connectivity index (χ1v) is 14.6. The molecule has 0 aliphatic heterocycles. The van der Waals surface area contributed by atoms with Crippen molar-refractivity contribution in [3.63, 3.8) is 0 Å². The third-order valence-electron chi connectivity index (χ3n) is 7.22.